The molecule has 3 rings (SSSR count). The number of imide groups is 1. The number of halogens is 1. The van der Waals surface area contributed by atoms with Gasteiger partial charge in [0.05, 0.1) is 0 Å². The maximum atomic E-state index is 13.2. The maximum absolute atomic E-state index is 13.2. The summed E-state index contributed by atoms with van der Waals surface area (Å²) in [5.74, 6) is -1.20. The molecule has 1 saturated heterocycles. The summed E-state index contributed by atoms with van der Waals surface area (Å²) < 4.78 is 13.2. The predicted molar refractivity (Wildman–Crippen MR) is 112 cm³/mol. The molecule has 0 spiro atoms. The summed E-state index contributed by atoms with van der Waals surface area (Å²) in [4.78, 5) is 42.8. The molecule has 7 heteroatoms. The Hall–Kier alpha value is -3.22. The van der Waals surface area contributed by atoms with E-state index in [-0.39, 0.29) is 12.5 Å². The molecular weight excluding hydrogens is 385 g/mol. The standard InChI is InChI=1S/C23H26FN3O3/c1-16-21(29)25(22(30)27(16)19-12-10-18(24)11-13-19)15-20(28)26(23(2,3)4)14-17-8-6-5-7-9-17/h5-13,16H,14-15H2,1-4H3. The Morgan fingerprint density at radius 2 is 1.63 bits per heavy atom. The van der Waals surface area contributed by atoms with E-state index in [0.717, 1.165) is 10.5 Å². The average molecular weight is 411 g/mol. The molecule has 0 aliphatic carbocycles. The molecule has 2 aromatic rings. The minimum Gasteiger partial charge on any atom is -0.332 e. The van der Waals surface area contributed by atoms with Crippen LogP contribution in [0.1, 0.15) is 33.3 Å². The van der Waals surface area contributed by atoms with Crippen molar-refractivity contribution in [2.24, 2.45) is 0 Å². The van der Waals surface area contributed by atoms with Gasteiger partial charge in [-0.3, -0.25) is 19.4 Å². The monoisotopic (exact) mass is 411 g/mol. The van der Waals surface area contributed by atoms with Gasteiger partial charge in [-0.1, -0.05) is 30.3 Å². The Labute approximate surface area is 175 Å². The minimum atomic E-state index is -0.770. The lowest BCUT2D eigenvalue weighted by Crippen LogP contribution is -2.50. The van der Waals surface area contributed by atoms with E-state index < -0.39 is 29.3 Å². The van der Waals surface area contributed by atoms with Crippen LogP contribution in [0, 0.1) is 5.82 Å². The molecule has 1 heterocycles. The van der Waals surface area contributed by atoms with Crippen molar-refractivity contribution in [3.63, 3.8) is 0 Å². The van der Waals surface area contributed by atoms with Crippen molar-refractivity contribution in [3.05, 3.63) is 66.0 Å². The van der Waals surface area contributed by atoms with Crippen molar-refractivity contribution < 1.29 is 18.8 Å². The highest BCUT2D eigenvalue weighted by molar-refractivity contribution is 6.15. The van der Waals surface area contributed by atoms with Crippen LogP contribution < -0.4 is 4.90 Å². The first-order valence-corrected chi connectivity index (χ1v) is 9.84. The lowest BCUT2D eigenvalue weighted by atomic mass is 10.0. The fourth-order valence-electron chi connectivity index (χ4n) is 3.49. The molecule has 2 aromatic carbocycles. The average Bonchev–Trinajstić information content (AvgIpc) is 2.90. The Bertz CT molecular complexity index is 938. The van der Waals surface area contributed by atoms with E-state index in [1.165, 1.54) is 29.2 Å². The van der Waals surface area contributed by atoms with E-state index >= 15 is 0 Å². The molecular formula is C23H26FN3O3. The van der Waals surface area contributed by atoms with E-state index in [1.807, 2.05) is 51.1 Å². The molecule has 1 aliphatic heterocycles. The van der Waals surface area contributed by atoms with Crippen LogP contribution in [-0.4, -0.2) is 45.8 Å². The largest absolute Gasteiger partial charge is 0.332 e. The minimum absolute atomic E-state index is 0.318. The molecule has 30 heavy (non-hydrogen) atoms. The van der Waals surface area contributed by atoms with E-state index in [4.69, 9.17) is 0 Å². The summed E-state index contributed by atoms with van der Waals surface area (Å²) in [6, 6.07) is 13.6. The van der Waals surface area contributed by atoms with Crippen LogP contribution in [0.2, 0.25) is 0 Å². The summed E-state index contributed by atoms with van der Waals surface area (Å²) in [7, 11) is 0. The van der Waals surface area contributed by atoms with Gasteiger partial charge in [0.15, 0.2) is 0 Å². The maximum Gasteiger partial charge on any atom is 0.332 e. The Morgan fingerprint density at radius 1 is 1.03 bits per heavy atom. The number of carbonyl (C=O) groups excluding carboxylic acids is 3. The Balaban J connectivity index is 1.80. The quantitative estimate of drug-likeness (QED) is 0.703. The molecule has 4 amide bonds. The highest BCUT2D eigenvalue weighted by atomic mass is 19.1. The normalized spacial score (nSPS) is 16.9. The summed E-state index contributed by atoms with van der Waals surface area (Å²) in [6.45, 7) is 7.36. The van der Waals surface area contributed by atoms with Gasteiger partial charge >= 0.3 is 6.03 Å². The van der Waals surface area contributed by atoms with Gasteiger partial charge in [-0.2, -0.15) is 0 Å². The fraction of sp³-hybridized carbons (Fsp3) is 0.348. The number of carbonyl (C=O) groups is 3. The van der Waals surface area contributed by atoms with Crippen LogP contribution in [0.5, 0.6) is 0 Å². The number of hydrogen-bond acceptors (Lipinski definition) is 3. The number of anilines is 1. The third-order valence-electron chi connectivity index (χ3n) is 5.14. The second-order valence-electron chi connectivity index (χ2n) is 8.37. The third kappa shape index (κ3) is 4.35. The molecule has 1 fully saturated rings. The van der Waals surface area contributed by atoms with Crippen molar-refractivity contribution in [1.29, 1.82) is 0 Å². The number of hydrogen-bond donors (Lipinski definition) is 0. The van der Waals surface area contributed by atoms with Gasteiger partial charge in [-0.05, 0) is 57.5 Å². The van der Waals surface area contributed by atoms with Crippen LogP contribution in [-0.2, 0) is 16.1 Å². The molecule has 1 unspecified atom stereocenters. The molecule has 158 valence electrons. The van der Waals surface area contributed by atoms with Crippen LogP contribution in [0.4, 0.5) is 14.9 Å². The van der Waals surface area contributed by atoms with E-state index in [2.05, 4.69) is 0 Å². The van der Waals surface area contributed by atoms with Crippen LogP contribution >= 0.6 is 0 Å². The Morgan fingerprint density at radius 3 is 2.20 bits per heavy atom. The second kappa shape index (κ2) is 8.26. The zero-order chi connectivity index (χ0) is 22.1. The summed E-state index contributed by atoms with van der Waals surface area (Å²) >= 11 is 0. The van der Waals surface area contributed by atoms with Gasteiger partial charge in [-0.25, -0.2) is 9.18 Å². The van der Waals surface area contributed by atoms with Crippen molar-refractivity contribution in [1.82, 2.24) is 9.80 Å². The lowest BCUT2D eigenvalue weighted by Gasteiger charge is -2.36. The van der Waals surface area contributed by atoms with Gasteiger partial charge in [0.1, 0.15) is 18.4 Å². The summed E-state index contributed by atoms with van der Waals surface area (Å²) in [5.41, 5.74) is 0.872. The molecule has 6 nitrogen and oxygen atoms in total. The third-order valence-corrected chi connectivity index (χ3v) is 5.14. The van der Waals surface area contributed by atoms with Crippen LogP contribution in [0.3, 0.4) is 0 Å². The molecule has 0 radical (unpaired) electrons. The van der Waals surface area contributed by atoms with Gasteiger partial charge < -0.3 is 4.90 Å². The molecule has 0 aromatic heterocycles. The number of nitrogens with zero attached hydrogens (tertiary/aromatic N) is 3. The smallest absolute Gasteiger partial charge is 0.332 e. The van der Waals surface area contributed by atoms with Gasteiger partial charge in [0, 0.05) is 17.8 Å². The first-order valence-electron chi connectivity index (χ1n) is 9.84. The summed E-state index contributed by atoms with van der Waals surface area (Å²) in [5, 5.41) is 0. The SMILES string of the molecule is CC1C(=O)N(CC(=O)N(Cc2ccccc2)C(C)(C)C)C(=O)N1c1ccc(F)cc1. The van der Waals surface area contributed by atoms with Crippen molar-refractivity contribution >= 4 is 23.5 Å². The number of rotatable bonds is 5. The molecule has 0 saturated carbocycles. The van der Waals surface area contributed by atoms with E-state index in [1.54, 1.807) is 11.8 Å². The number of benzene rings is 2. The number of urea groups is 1. The van der Waals surface area contributed by atoms with Crippen molar-refractivity contribution in [2.45, 2.75) is 45.8 Å². The lowest BCUT2D eigenvalue weighted by molar-refractivity contribution is -0.141. The van der Waals surface area contributed by atoms with Crippen LogP contribution in [0.25, 0.3) is 0 Å². The zero-order valence-corrected chi connectivity index (χ0v) is 17.6. The zero-order valence-electron chi connectivity index (χ0n) is 17.6. The molecule has 0 bridgehead atoms. The highest BCUT2D eigenvalue weighted by Gasteiger charge is 2.45. The van der Waals surface area contributed by atoms with E-state index in [0.29, 0.717) is 12.2 Å². The fourth-order valence-corrected chi connectivity index (χ4v) is 3.49. The van der Waals surface area contributed by atoms with Gasteiger partial charge in [0.2, 0.25) is 5.91 Å². The molecule has 1 atom stereocenters. The number of amides is 4. The first-order chi connectivity index (χ1) is 14.1. The topological polar surface area (TPSA) is 60.9 Å². The van der Waals surface area contributed by atoms with Gasteiger partial charge in [-0.15, -0.1) is 0 Å². The predicted octanol–water partition coefficient (Wildman–Crippen LogP) is 3.81. The van der Waals surface area contributed by atoms with Crippen molar-refractivity contribution in [3.8, 4) is 0 Å². The van der Waals surface area contributed by atoms with Crippen LogP contribution in [0.15, 0.2) is 54.6 Å². The second-order valence-corrected chi connectivity index (χ2v) is 8.37. The Kier molecular flexibility index (Phi) is 5.92. The first kappa shape index (κ1) is 21.5. The molecule has 0 N–H and O–H groups in total. The highest BCUT2D eigenvalue weighted by Crippen LogP contribution is 2.27. The van der Waals surface area contributed by atoms with E-state index in [9.17, 15) is 18.8 Å². The molecule has 1 aliphatic rings. The van der Waals surface area contributed by atoms with Crippen molar-refractivity contribution in [2.75, 3.05) is 11.4 Å². The van der Waals surface area contributed by atoms with Gasteiger partial charge in [0.25, 0.3) is 5.91 Å². The summed E-state index contributed by atoms with van der Waals surface area (Å²) in [6.07, 6.45) is 0.